The lowest BCUT2D eigenvalue weighted by Crippen LogP contribution is -2.26. The molecule has 2 aliphatic carbocycles. The van der Waals surface area contributed by atoms with Crippen molar-refractivity contribution < 1.29 is 0 Å². The van der Waals surface area contributed by atoms with Crippen LogP contribution in [-0.4, -0.2) is 0 Å². The van der Waals surface area contributed by atoms with Gasteiger partial charge in [0.05, 0.1) is 21.5 Å². The Morgan fingerprint density at radius 2 is 0.887 bits per heavy atom. The smallest absolute Gasteiger partial charge is 0.0727 e. The summed E-state index contributed by atoms with van der Waals surface area (Å²) in [5, 5.41) is 5.04. The van der Waals surface area contributed by atoms with Crippen LogP contribution < -0.4 is 9.80 Å². The van der Waals surface area contributed by atoms with Crippen molar-refractivity contribution in [3.05, 3.63) is 253 Å². The lowest BCUT2D eigenvalue weighted by molar-refractivity contribution is 0.793. The number of hydrogen-bond donors (Lipinski definition) is 0. The topological polar surface area (TPSA) is 6.48 Å². The number of thiophene rings is 1. The molecule has 0 saturated heterocycles. The first-order chi connectivity index (χ1) is 30.8. The lowest BCUT2D eigenvalue weighted by Gasteiger charge is -2.33. The molecule has 2 aliphatic rings. The number of nitrogens with zero attached hydrogens (tertiary/aromatic N) is 2. The normalized spacial score (nSPS) is 14.5. The highest BCUT2D eigenvalue weighted by Crippen LogP contribution is 2.65. The second-order valence-electron chi connectivity index (χ2n) is 16.4. The molecule has 13 rings (SSSR count). The van der Waals surface area contributed by atoms with Crippen molar-refractivity contribution in [2.24, 2.45) is 0 Å². The molecule has 0 aliphatic heterocycles. The zero-order chi connectivity index (χ0) is 40.8. The van der Waals surface area contributed by atoms with E-state index < -0.39 is 5.41 Å². The molecule has 0 saturated carbocycles. The molecule has 1 atom stereocenters. The zero-order valence-electron chi connectivity index (χ0n) is 33.7. The van der Waals surface area contributed by atoms with Gasteiger partial charge in [-0.15, -0.1) is 11.3 Å². The summed E-state index contributed by atoms with van der Waals surface area (Å²) in [6.45, 7) is 0. The molecule has 1 aromatic heterocycles. The molecule has 62 heavy (non-hydrogen) atoms. The Kier molecular flexibility index (Phi) is 7.72. The van der Waals surface area contributed by atoms with Crippen LogP contribution in [0.5, 0.6) is 0 Å². The zero-order valence-corrected chi connectivity index (χ0v) is 34.6. The molecule has 0 fully saturated rings. The predicted octanol–water partition coefficient (Wildman–Crippen LogP) is 16.5. The number of rotatable bonds is 6. The van der Waals surface area contributed by atoms with E-state index in [-0.39, 0.29) is 0 Å². The molecule has 0 N–H and O–H groups in total. The minimum Gasteiger partial charge on any atom is -0.310 e. The van der Waals surface area contributed by atoms with Crippen LogP contribution in [0.1, 0.15) is 22.3 Å². The molecule has 1 spiro atoms. The van der Waals surface area contributed by atoms with E-state index in [1.807, 2.05) is 11.3 Å². The van der Waals surface area contributed by atoms with Crippen LogP contribution in [0.15, 0.2) is 231 Å². The average molecular weight is 807 g/mol. The van der Waals surface area contributed by atoms with Crippen molar-refractivity contribution in [3.8, 4) is 22.3 Å². The Balaban J connectivity index is 1.09. The third-order valence-electron chi connectivity index (χ3n) is 13.2. The van der Waals surface area contributed by atoms with Crippen LogP contribution in [0.2, 0.25) is 0 Å². The van der Waals surface area contributed by atoms with Crippen molar-refractivity contribution >= 4 is 76.4 Å². The van der Waals surface area contributed by atoms with E-state index in [1.54, 1.807) is 0 Å². The molecule has 0 radical (unpaired) electrons. The summed E-state index contributed by atoms with van der Waals surface area (Å²) in [7, 11) is 0. The van der Waals surface area contributed by atoms with E-state index in [1.165, 1.54) is 86.8 Å². The monoisotopic (exact) mass is 806 g/mol. The summed E-state index contributed by atoms with van der Waals surface area (Å²) < 4.78 is 2.58. The molecule has 2 nitrogen and oxygen atoms in total. The second-order valence-corrected chi connectivity index (χ2v) is 17.4. The third kappa shape index (κ3) is 4.97. The van der Waals surface area contributed by atoms with Crippen molar-refractivity contribution in [1.82, 2.24) is 0 Å². The number of anilines is 6. The van der Waals surface area contributed by atoms with Crippen molar-refractivity contribution in [1.29, 1.82) is 0 Å². The predicted molar refractivity (Wildman–Crippen MR) is 263 cm³/mol. The van der Waals surface area contributed by atoms with Gasteiger partial charge in [0.15, 0.2) is 0 Å². The van der Waals surface area contributed by atoms with Gasteiger partial charge >= 0.3 is 0 Å². The summed E-state index contributed by atoms with van der Waals surface area (Å²) in [5.74, 6) is 0. The van der Waals surface area contributed by atoms with E-state index in [2.05, 4.69) is 240 Å². The van der Waals surface area contributed by atoms with E-state index >= 15 is 0 Å². The maximum absolute atomic E-state index is 2.52. The standard InChI is InChI=1S/C59H38N2S/c1-3-19-41(20-4-1)60(43-34-33-39-17-7-8-18-40(39)37-43)44-35-36-46-45-23-9-12-27-50(45)59(53(46)38-44)51-28-13-10-25-49(51)57-52(59)29-16-30-54(57)61(42-21-5-2-6-22-42)55-31-15-26-48-47-24-11-14-32-56(47)62-58(48)55/h1-38H. The molecule has 3 heteroatoms. The molecule has 1 unspecified atom stereocenters. The summed E-state index contributed by atoms with van der Waals surface area (Å²) in [4.78, 5) is 4.94. The van der Waals surface area contributed by atoms with Gasteiger partial charge in [0.1, 0.15) is 0 Å². The highest BCUT2D eigenvalue weighted by molar-refractivity contribution is 7.26. The van der Waals surface area contributed by atoms with E-state index in [0.29, 0.717) is 0 Å². The fourth-order valence-corrected chi connectivity index (χ4v) is 11.9. The van der Waals surface area contributed by atoms with Crippen molar-refractivity contribution in [3.63, 3.8) is 0 Å². The first-order valence-electron chi connectivity index (χ1n) is 21.3. The van der Waals surface area contributed by atoms with Crippen LogP contribution in [-0.2, 0) is 5.41 Å². The molecule has 10 aromatic carbocycles. The van der Waals surface area contributed by atoms with Crippen molar-refractivity contribution in [2.75, 3.05) is 9.80 Å². The average Bonchev–Trinajstić information content (AvgIpc) is 3.97. The molecule has 11 aromatic rings. The van der Waals surface area contributed by atoms with Gasteiger partial charge in [0, 0.05) is 43.8 Å². The Morgan fingerprint density at radius 3 is 1.71 bits per heavy atom. The molecular weight excluding hydrogens is 769 g/mol. The van der Waals surface area contributed by atoms with E-state index in [4.69, 9.17) is 0 Å². The third-order valence-corrected chi connectivity index (χ3v) is 14.4. The van der Waals surface area contributed by atoms with Gasteiger partial charge in [-0.05, 0) is 116 Å². The van der Waals surface area contributed by atoms with E-state index in [0.717, 1.165) is 22.7 Å². The van der Waals surface area contributed by atoms with Crippen molar-refractivity contribution in [2.45, 2.75) is 5.41 Å². The SMILES string of the molecule is c1ccc(N(c2ccc3c(c2)C2(c4ccccc4-3)c3ccccc3-c3c(N(c4ccccc4)c4cccc5c4sc4ccccc45)cccc32)c2ccc3ccccc3c2)cc1. The van der Waals surface area contributed by atoms with Gasteiger partial charge in [-0.2, -0.15) is 0 Å². The largest absolute Gasteiger partial charge is 0.310 e. The maximum Gasteiger partial charge on any atom is 0.0727 e. The number of fused-ring (bicyclic) bond motifs is 14. The highest BCUT2D eigenvalue weighted by atomic mass is 32.1. The maximum atomic E-state index is 2.52. The number of para-hydroxylation sites is 2. The molecule has 290 valence electrons. The minimum absolute atomic E-state index is 0.554. The van der Waals surface area contributed by atoms with Gasteiger partial charge in [-0.3, -0.25) is 0 Å². The van der Waals surface area contributed by atoms with Crippen LogP contribution in [0.3, 0.4) is 0 Å². The first-order valence-corrected chi connectivity index (χ1v) is 22.2. The summed E-state index contributed by atoms with van der Waals surface area (Å²) in [6.07, 6.45) is 0. The fourth-order valence-electron chi connectivity index (χ4n) is 10.7. The Bertz CT molecular complexity index is 3550. The van der Waals surface area contributed by atoms with Crippen LogP contribution in [0, 0.1) is 0 Å². The number of hydrogen-bond acceptors (Lipinski definition) is 3. The molecule has 0 amide bonds. The Morgan fingerprint density at radius 1 is 0.323 bits per heavy atom. The Labute approximate surface area is 364 Å². The quantitative estimate of drug-likeness (QED) is 0.165. The van der Waals surface area contributed by atoms with Gasteiger partial charge in [0.25, 0.3) is 0 Å². The fraction of sp³-hybridized carbons (Fsp3) is 0.0169. The first kappa shape index (κ1) is 35.1. The van der Waals surface area contributed by atoms with Crippen LogP contribution in [0.4, 0.5) is 34.1 Å². The van der Waals surface area contributed by atoms with Gasteiger partial charge in [-0.25, -0.2) is 0 Å². The van der Waals surface area contributed by atoms with E-state index in [9.17, 15) is 0 Å². The molecular formula is C59H38N2S. The summed E-state index contributed by atoms with van der Waals surface area (Å²) >= 11 is 1.88. The van der Waals surface area contributed by atoms with Gasteiger partial charge in [-0.1, -0.05) is 164 Å². The molecule has 1 heterocycles. The van der Waals surface area contributed by atoms with Crippen LogP contribution in [0.25, 0.3) is 53.2 Å². The second kappa shape index (κ2) is 13.7. The lowest BCUT2D eigenvalue weighted by atomic mass is 9.70. The highest BCUT2D eigenvalue weighted by Gasteiger charge is 2.52. The van der Waals surface area contributed by atoms with Gasteiger partial charge < -0.3 is 9.80 Å². The van der Waals surface area contributed by atoms with Gasteiger partial charge in [0.2, 0.25) is 0 Å². The molecule has 0 bridgehead atoms. The summed E-state index contributed by atoms with van der Waals surface area (Å²) in [6, 6.07) is 85.3. The number of benzene rings is 10. The Hall–Kier alpha value is -7.72. The summed E-state index contributed by atoms with van der Waals surface area (Å²) in [5.41, 5.74) is 16.7. The minimum atomic E-state index is -0.554. The van der Waals surface area contributed by atoms with Crippen LogP contribution >= 0.6 is 11.3 Å².